The molecule has 0 aromatic carbocycles. The van der Waals surface area contributed by atoms with Gasteiger partial charge in [0.2, 0.25) is 5.91 Å². The van der Waals surface area contributed by atoms with Crippen molar-refractivity contribution >= 4 is 5.91 Å². The Labute approximate surface area is 180 Å². The minimum atomic E-state index is 0.0517. The Balaban J connectivity index is 2.07. The molecule has 1 aliphatic rings. The van der Waals surface area contributed by atoms with Crippen LogP contribution in [0, 0.1) is 0 Å². The van der Waals surface area contributed by atoms with Crippen LogP contribution < -0.4 is 10.6 Å². The molecule has 168 valence electrons. The van der Waals surface area contributed by atoms with E-state index in [-0.39, 0.29) is 12.1 Å². The van der Waals surface area contributed by atoms with Gasteiger partial charge in [-0.1, -0.05) is 70.4 Å². The van der Waals surface area contributed by atoms with Crippen LogP contribution in [0.4, 0.5) is 0 Å². The van der Waals surface area contributed by atoms with Crippen molar-refractivity contribution in [3.8, 4) is 0 Å². The molecule has 0 fully saturated rings. The zero-order valence-electron chi connectivity index (χ0n) is 19.7. The predicted octanol–water partition coefficient (Wildman–Crippen LogP) is 6.35. The molecule has 0 aromatic heterocycles. The van der Waals surface area contributed by atoms with Gasteiger partial charge >= 0.3 is 0 Å². The Bertz CT molecular complexity index is 488. The number of amides is 1. The number of nitrogens with one attached hydrogen (secondary N) is 2. The van der Waals surface area contributed by atoms with Crippen molar-refractivity contribution in [1.82, 2.24) is 10.6 Å². The van der Waals surface area contributed by atoms with Gasteiger partial charge in [0.15, 0.2) is 12.3 Å². The summed E-state index contributed by atoms with van der Waals surface area (Å²) < 4.78 is 0.813. The Morgan fingerprint density at radius 2 is 1.59 bits per heavy atom. The van der Waals surface area contributed by atoms with Crippen LogP contribution in [-0.2, 0) is 4.79 Å². The molecule has 29 heavy (non-hydrogen) atoms. The van der Waals surface area contributed by atoms with Crippen LogP contribution in [0.2, 0.25) is 0 Å². The summed E-state index contributed by atoms with van der Waals surface area (Å²) in [5.74, 6) is 0.0517. The highest BCUT2D eigenvalue weighted by Crippen LogP contribution is 2.26. The molecule has 4 nitrogen and oxygen atoms in total. The minimum absolute atomic E-state index is 0.0517. The summed E-state index contributed by atoms with van der Waals surface area (Å²) in [6.45, 7) is 9.13. The first-order valence-electron chi connectivity index (χ1n) is 12.3. The quantitative estimate of drug-likeness (QED) is 0.168. The summed E-state index contributed by atoms with van der Waals surface area (Å²) in [5, 5.41) is 6.63. The highest BCUT2D eigenvalue weighted by Gasteiger charge is 2.41. The van der Waals surface area contributed by atoms with Gasteiger partial charge in [-0.25, -0.2) is 0 Å². The molecule has 0 aliphatic carbocycles. The molecule has 1 amide bonds. The number of carbonyl (C=O) groups excluding carboxylic acids is 1. The fourth-order valence-electron chi connectivity index (χ4n) is 4.57. The van der Waals surface area contributed by atoms with Crippen molar-refractivity contribution in [2.24, 2.45) is 0 Å². The highest BCUT2D eigenvalue weighted by atomic mass is 16.1. The molecule has 1 heterocycles. The first kappa shape index (κ1) is 25.7. The van der Waals surface area contributed by atoms with E-state index < -0.39 is 0 Å². The Morgan fingerprint density at radius 1 is 1.00 bits per heavy atom. The molecule has 0 saturated heterocycles. The second-order valence-electron chi connectivity index (χ2n) is 8.68. The zero-order chi connectivity index (χ0) is 21.4. The molecule has 3 unspecified atom stereocenters. The predicted molar refractivity (Wildman–Crippen MR) is 125 cm³/mol. The van der Waals surface area contributed by atoms with E-state index in [0.717, 1.165) is 17.4 Å². The van der Waals surface area contributed by atoms with Crippen LogP contribution in [0.1, 0.15) is 111 Å². The number of unbranched alkanes of at least 4 members (excludes halogenated alkanes) is 10. The van der Waals surface area contributed by atoms with Crippen LogP contribution in [0.15, 0.2) is 24.6 Å². The summed E-state index contributed by atoms with van der Waals surface area (Å²) in [6, 6.07) is 0. The molecule has 2 N–H and O–H groups in total. The van der Waals surface area contributed by atoms with E-state index in [1.165, 1.54) is 77.0 Å². The van der Waals surface area contributed by atoms with Crippen molar-refractivity contribution in [2.75, 3.05) is 6.54 Å². The van der Waals surface area contributed by atoms with Gasteiger partial charge in [0.25, 0.3) is 0 Å². The third-order valence-electron chi connectivity index (χ3n) is 6.40. The summed E-state index contributed by atoms with van der Waals surface area (Å²) in [5.41, 5.74) is 0. The molecule has 0 aromatic rings. The number of quaternary nitrogens is 1. The lowest BCUT2D eigenvalue weighted by Gasteiger charge is -2.41. The van der Waals surface area contributed by atoms with Gasteiger partial charge in [-0.2, -0.15) is 0 Å². The molecule has 0 saturated carbocycles. The molecular formula is C25H48N3O+. The zero-order valence-corrected chi connectivity index (χ0v) is 19.7. The summed E-state index contributed by atoms with van der Waals surface area (Å²) in [7, 11) is 0. The number of hydrogen-bond acceptors (Lipinski definition) is 2. The third-order valence-corrected chi connectivity index (χ3v) is 6.40. The van der Waals surface area contributed by atoms with Gasteiger partial charge < -0.3 is 10.6 Å². The van der Waals surface area contributed by atoms with Gasteiger partial charge in [0.05, 0.1) is 12.7 Å². The average Bonchev–Trinajstić information content (AvgIpc) is 3.12. The summed E-state index contributed by atoms with van der Waals surface area (Å²) in [4.78, 5) is 11.5. The molecule has 0 spiro atoms. The average molecular weight is 407 g/mol. The molecule has 4 heteroatoms. The Hall–Kier alpha value is -1.29. The number of allylic oxidation sites excluding steroid dienone is 2. The van der Waals surface area contributed by atoms with Crippen molar-refractivity contribution in [3.63, 3.8) is 0 Å². The molecule has 0 bridgehead atoms. The number of rotatable bonds is 17. The van der Waals surface area contributed by atoms with E-state index in [1.54, 1.807) is 6.92 Å². The third kappa shape index (κ3) is 9.84. The lowest BCUT2D eigenvalue weighted by Crippen LogP contribution is -2.62. The maximum Gasteiger partial charge on any atom is 0.221 e. The van der Waals surface area contributed by atoms with Gasteiger partial charge in [-0.3, -0.25) is 9.28 Å². The first-order chi connectivity index (χ1) is 14.1. The second-order valence-corrected chi connectivity index (χ2v) is 8.68. The van der Waals surface area contributed by atoms with Crippen molar-refractivity contribution in [3.05, 3.63) is 24.6 Å². The van der Waals surface area contributed by atoms with Crippen LogP contribution >= 0.6 is 0 Å². The van der Waals surface area contributed by atoms with E-state index in [9.17, 15) is 4.79 Å². The number of carbonyl (C=O) groups is 1. The molecular weight excluding hydrogens is 358 g/mol. The van der Waals surface area contributed by atoms with Crippen LogP contribution in [0.25, 0.3) is 0 Å². The smallest absolute Gasteiger partial charge is 0.221 e. The van der Waals surface area contributed by atoms with Crippen LogP contribution in [-0.4, -0.2) is 29.3 Å². The number of hydrogen-bond donors (Lipinski definition) is 2. The lowest BCUT2D eigenvalue weighted by molar-refractivity contribution is -0.923. The van der Waals surface area contributed by atoms with E-state index in [1.807, 2.05) is 0 Å². The van der Waals surface area contributed by atoms with E-state index in [0.29, 0.717) is 6.17 Å². The standard InChI is InChI=1S/C25H47N3O/c1-5-7-8-9-10-11-12-13-14-15-16-17-18-19-20-25-26-21-22-28(25,6-2)23(3)27-24(4)29/h7-8,21-23,25-26H,5-6,9-20H2,1-4H3/p+1/b8-7+. The topological polar surface area (TPSA) is 41.1 Å². The molecule has 3 atom stereocenters. The Kier molecular flexibility index (Phi) is 13.8. The summed E-state index contributed by atoms with van der Waals surface area (Å²) >= 11 is 0. The summed E-state index contributed by atoms with van der Waals surface area (Å²) in [6.07, 6.45) is 26.7. The fraction of sp³-hybridized carbons (Fsp3) is 0.800. The minimum Gasteiger partial charge on any atom is -0.338 e. The van der Waals surface area contributed by atoms with Gasteiger partial charge in [0, 0.05) is 20.3 Å². The van der Waals surface area contributed by atoms with Gasteiger partial charge in [0.1, 0.15) is 6.20 Å². The van der Waals surface area contributed by atoms with Crippen molar-refractivity contribution in [1.29, 1.82) is 0 Å². The van der Waals surface area contributed by atoms with Crippen LogP contribution in [0.5, 0.6) is 0 Å². The SMILES string of the molecule is CC/C=C/CCCCCCCCCCCCC1NC=C[N+]1(CC)C(C)NC(C)=O. The molecule has 1 aliphatic heterocycles. The van der Waals surface area contributed by atoms with E-state index in [2.05, 4.69) is 56.0 Å². The highest BCUT2D eigenvalue weighted by molar-refractivity contribution is 5.72. The van der Waals surface area contributed by atoms with Crippen LogP contribution in [0.3, 0.4) is 0 Å². The number of nitrogens with zero attached hydrogens (tertiary/aromatic N) is 1. The van der Waals surface area contributed by atoms with E-state index >= 15 is 0 Å². The normalized spacial score (nSPS) is 22.1. The monoisotopic (exact) mass is 406 g/mol. The van der Waals surface area contributed by atoms with Gasteiger partial charge in [-0.15, -0.1) is 0 Å². The maximum atomic E-state index is 11.5. The molecule has 0 radical (unpaired) electrons. The lowest BCUT2D eigenvalue weighted by atomic mass is 10.0. The fourth-order valence-corrected chi connectivity index (χ4v) is 4.57. The van der Waals surface area contributed by atoms with Crippen molar-refractivity contribution < 1.29 is 9.28 Å². The largest absolute Gasteiger partial charge is 0.338 e. The van der Waals surface area contributed by atoms with Crippen molar-refractivity contribution in [2.45, 2.75) is 123 Å². The van der Waals surface area contributed by atoms with E-state index in [4.69, 9.17) is 0 Å². The first-order valence-corrected chi connectivity index (χ1v) is 12.3. The second kappa shape index (κ2) is 15.5. The maximum absolute atomic E-state index is 11.5. The molecule has 1 rings (SSSR count). The van der Waals surface area contributed by atoms with Gasteiger partial charge in [-0.05, 0) is 32.6 Å². The Morgan fingerprint density at radius 3 is 2.14 bits per heavy atom.